The molecule has 0 bridgehead atoms. The van der Waals surface area contributed by atoms with Crippen LogP contribution in [0.25, 0.3) is 0 Å². The number of nitrogens with zero attached hydrogens (tertiary/aromatic N) is 4. The Labute approximate surface area is 169 Å². The summed E-state index contributed by atoms with van der Waals surface area (Å²) in [7, 11) is 3.59. The first-order valence-electron chi connectivity index (χ1n) is 9.62. The summed E-state index contributed by atoms with van der Waals surface area (Å²) in [5.74, 6) is 1.06. The number of aryl methyl sites for hydroxylation is 1. The summed E-state index contributed by atoms with van der Waals surface area (Å²) < 4.78 is 12.9. The van der Waals surface area contributed by atoms with Crippen molar-refractivity contribution in [2.75, 3.05) is 20.4 Å². The molecule has 0 saturated carbocycles. The number of carbonyl (C=O) groups is 2. The Morgan fingerprint density at radius 3 is 2.76 bits per heavy atom. The fourth-order valence-corrected chi connectivity index (χ4v) is 3.67. The van der Waals surface area contributed by atoms with E-state index in [0.717, 1.165) is 17.0 Å². The number of aromatic nitrogens is 1. The van der Waals surface area contributed by atoms with Crippen LogP contribution >= 0.6 is 0 Å². The highest BCUT2D eigenvalue weighted by atomic mass is 16.7. The normalized spacial score (nSPS) is 17.4. The van der Waals surface area contributed by atoms with E-state index in [-0.39, 0.29) is 31.2 Å². The third-order valence-corrected chi connectivity index (χ3v) is 5.29. The van der Waals surface area contributed by atoms with Crippen molar-refractivity contribution in [3.05, 3.63) is 47.8 Å². The lowest BCUT2D eigenvalue weighted by Crippen LogP contribution is -2.38. The van der Waals surface area contributed by atoms with Crippen LogP contribution in [0.3, 0.4) is 0 Å². The molecule has 1 aromatic carbocycles. The second kappa shape index (κ2) is 7.62. The number of hydrogen-bond donors (Lipinski definition) is 0. The molecule has 0 aliphatic carbocycles. The van der Waals surface area contributed by atoms with E-state index < -0.39 is 0 Å². The molecule has 1 aromatic heterocycles. The van der Waals surface area contributed by atoms with Crippen LogP contribution in [0.1, 0.15) is 37.1 Å². The van der Waals surface area contributed by atoms with Gasteiger partial charge in [0, 0.05) is 33.1 Å². The molecule has 2 aromatic rings. The zero-order valence-corrected chi connectivity index (χ0v) is 16.8. The van der Waals surface area contributed by atoms with Gasteiger partial charge in [-0.1, -0.05) is 13.0 Å². The van der Waals surface area contributed by atoms with E-state index in [0.29, 0.717) is 24.3 Å². The second-order valence-corrected chi connectivity index (χ2v) is 7.23. The standard InChI is InChI=1S/C21H24N4O4/c1-4-20(26)24(3)12-21(27)25-17(11-15(22-25)16-6-5-9-23(16)2)14-7-8-18-19(10-14)29-13-28-18/h5-10,17H,4,11-13H2,1-3H3/t17-/m0/s1. The van der Waals surface area contributed by atoms with Gasteiger partial charge in [-0.05, 0) is 29.8 Å². The van der Waals surface area contributed by atoms with Gasteiger partial charge in [-0.15, -0.1) is 0 Å². The van der Waals surface area contributed by atoms with Gasteiger partial charge in [-0.3, -0.25) is 9.59 Å². The maximum absolute atomic E-state index is 13.1. The summed E-state index contributed by atoms with van der Waals surface area (Å²) in [5, 5.41) is 6.15. The van der Waals surface area contributed by atoms with Crippen molar-refractivity contribution in [3.63, 3.8) is 0 Å². The smallest absolute Gasteiger partial charge is 0.262 e. The molecule has 2 amide bonds. The third-order valence-electron chi connectivity index (χ3n) is 5.29. The lowest BCUT2D eigenvalue weighted by atomic mass is 10.00. The van der Waals surface area contributed by atoms with Crippen molar-refractivity contribution < 1.29 is 19.1 Å². The number of hydrazone groups is 1. The third kappa shape index (κ3) is 3.57. The van der Waals surface area contributed by atoms with Gasteiger partial charge < -0.3 is 18.9 Å². The molecule has 0 spiro atoms. The van der Waals surface area contributed by atoms with Crippen LogP contribution in [0.4, 0.5) is 0 Å². The minimum absolute atomic E-state index is 0.0162. The molecule has 2 aliphatic rings. The number of fused-ring (bicyclic) bond motifs is 1. The van der Waals surface area contributed by atoms with Gasteiger partial charge in [0.1, 0.15) is 6.54 Å². The Kier molecular flexibility index (Phi) is 5.00. The van der Waals surface area contributed by atoms with Crippen molar-refractivity contribution in [1.82, 2.24) is 14.5 Å². The highest BCUT2D eigenvalue weighted by molar-refractivity contribution is 6.02. The van der Waals surface area contributed by atoms with E-state index in [2.05, 4.69) is 5.10 Å². The van der Waals surface area contributed by atoms with E-state index in [1.54, 1.807) is 14.0 Å². The average Bonchev–Trinajstić information content (AvgIpc) is 3.45. The molecule has 1 atom stereocenters. The van der Waals surface area contributed by atoms with Gasteiger partial charge in [0.15, 0.2) is 11.5 Å². The summed E-state index contributed by atoms with van der Waals surface area (Å²) in [4.78, 5) is 26.4. The summed E-state index contributed by atoms with van der Waals surface area (Å²) >= 11 is 0. The lowest BCUT2D eigenvalue weighted by Gasteiger charge is -2.25. The molecule has 152 valence electrons. The Morgan fingerprint density at radius 2 is 2.03 bits per heavy atom. The van der Waals surface area contributed by atoms with Crippen LogP contribution in [0.5, 0.6) is 11.5 Å². The van der Waals surface area contributed by atoms with E-state index in [4.69, 9.17) is 9.47 Å². The Morgan fingerprint density at radius 1 is 1.24 bits per heavy atom. The first kappa shape index (κ1) is 19.0. The number of ether oxygens (including phenoxy) is 2. The number of rotatable bonds is 5. The van der Waals surface area contributed by atoms with Crippen molar-refractivity contribution in [2.45, 2.75) is 25.8 Å². The molecule has 0 unspecified atom stereocenters. The van der Waals surface area contributed by atoms with Crippen LogP contribution in [0.15, 0.2) is 41.6 Å². The molecule has 2 aliphatic heterocycles. The van der Waals surface area contributed by atoms with E-state index in [1.807, 2.05) is 48.1 Å². The number of carbonyl (C=O) groups excluding carboxylic acids is 2. The molecule has 29 heavy (non-hydrogen) atoms. The summed E-state index contributed by atoms with van der Waals surface area (Å²) in [6.45, 7) is 1.96. The number of likely N-dealkylation sites (N-methyl/N-ethyl adjacent to an activating group) is 1. The summed E-state index contributed by atoms with van der Waals surface area (Å²) in [5.41, 5.74) is 2.71. The van der Waals surface area contributed by atoms with Crippen LogP contribution < -0.4 is 9.47 Å². The molecule has 0 N–H and O–H groups in total. The molecular weight excluding hydrogens is 372 g/mol. The molecular formula is C21H24N4O4. The zero-order valence-electron chi connectivity index (χ0n) is 16.8. The molecule has 0 radical (unpaired) electrons. The fourth-order valence-electron chi connectivity index (χ4n) is 3.67. The zero-order chi connectivity index (χ0) is 20.5. The Balaban J connectivity index is 1.64. The fraction of sp³-hybridized carbons (Fsp3) is 0.381. The lowest BCUT2D eigenvalue weighted by molar-refractivity contribution is -0.140. The highest BCUT2D eigenvalue weighted by Gasteiger charge is 2.35. The van der Waals surface area contributed by atoms with Crippen molar-refractivity contribution in [3.8, 4) is 11.5 Å². The molecule has 0 fully saturated rings. The van der Waals surface area contributed by atoms with E-state index >= 15 is 0 Å². The minimum atomic E-state index is -0.271. The number of amides is 2. The first-order chi connectivity index (χ1) is 14.0. The largest absolute Gasteiger partial charge is 0.454 e. The molecule has 8 heteroatoms. The van der Waals surface area contributed by atoms with Gasteiger partial charge in [0.25, 0.3) is 5.91 Å². The van der Waals surface area contributed by atoms with Gasteiger partial charge in [0.05, 0.1) is 17.4 Å². The quantitative estimate of drug-likeness (QED) is 0.777. The van der Waals surface area contributed by atoms with Crippen LogP contribution in [-0.2, 0) is 16.6 Å². The second-order valence-electron chi connectivity index (χ2n) is 7.23. The predicted molar refractivity (Wildman–Crippen MR) is 107 cm³/mol. The molecule has 4 rings (SSSR count). The topological polar surface area (TPSA) is 76.4 Å². The summed E-state index contributed by atoms with van der Waals surface area (Å²) in [6, 6.07) is 9.35. The monoisotopic (exact) mass is 396 g/mol. The first-order valence-corrected chi connectivity index (χ1v) is 9.62. The highest BCUT2D eigenvalue weighted by Crippen LogP contribution is 2.39. The Bertz CT molecular complexity index is 981. The minimum Gasteiger partial charge on any atom is -0.454 e. The molecule has 0 saturated heterocycles. The van der Waals surface area contributed by atoms with Crippen molar-refractivity contribution >= 4 is 17.5 Å². The van der Waals surface area contributed by atoms with Crippen molar-refractivity contribution in [2.24, 2.45) is 12.1 Å². The maximum atomic E-state index is 13.1. The van der Waals surface area contributed by atoms with Gasteiger partial charge in [-0.25, -0.2) is 5.01 Å². The van der Waals surface area contributed by atoms with Gasteiger partial charge in [0.2, 0.25) is 12.7 Å². The van der Waals surface area contributed by atoms with Crippen LogP contribution in [-0.4, -0.2) is 52.4 Å². The Hall–Kier alpha value is -3.29. The average molecular weight is 396 g/mol. The summed E-state index contributed by atoms with van der Waals surface area (Å²) in [6.07, 6.45) is 2.88. The van der Waals surface area contributed by atoms with Gasteiger partial charge in [-0.2, -0.15) is 5.10 Å². The van der Waals surface area contributed by atoms with Crippen LogP contribution in [0, 0.1) is 0 Å². The van der Waals surface area contributed by atoms with Crippen molar-refractivity contribution in [1.29, 1.82) is 0 Å². The van der Waals surface area contributed by atoms with E-state index in [1.165, 1.54) is 9.91 Å². The molecule has 3 heterocycles. The maximum Gasteiger partial charge on any atom is 0.262 e. The van der Waals surface area contributed by atoms with Gasteiger partial charge >= 0.3 is 0 Å². The van der Waals surface area contributed by atoms with Crippen LogP contribution in [0.2, 0.25) is 0 Å². The predicted octanol–water partition coefficient (Wildman–Crippen LogP) is 2.30. The SMILES string of the molecule is CCC(=O)N(C)CC(=O)N1N=C(c2cccn2C)C[C@H]1c1ccc2c(c1)OCO2. The number of benzene rings is 1. The molecule has 8 nitrogen and oxygen atoms in total. The van der Waals surface area contributed by atoms with E-state index in [9.17, 15) is 9.59 Å². The number of hydrogen-bond acceptors (Lipinski definition) is 5.